The van der Waals surface area contributed by atoms with Gasteiger partial charge in [0, 0.05) is 24.3 Å². The van der Waals surface area contributed by atoms with Crippen LogP contribution < -0.4 is 5.32 Å². The second-order valence-corrected chi connectivity index (χ2v) is 4.76. The van der Waals surface area contributed by atoms with Gasteiger partial charge in [0.2, 0.25) is 0 Å². The molecule has 1 aliphatic rings. The van der Waals surface area contributed by atoms with Crippen LogP contribution in [0.2, 0.25) is 0 Å². The quantitative estimate of drug-likeness (QED) is 0.856. The van der Waals surface area contributed by atoms with Crippen LogP contribution in [0, 0.1) is 0 Å². The SMILES string of the molecule is Cl.c1cc2cc(CNC3CCCC3)ccc2[nH]1. The van der Waals surface area contributed by atoms with Crippen LogP contribution in [0.1, 0.15) is 31.2 Å². The molecule has 1 aromatic carbocycles. The van der Waals surface area contributed by atoms with Crippen LogP contribution in [0.5, 0.6) is 0 Å². The van der Waals surface area contributed by atoms with E-state index in [0.717, 1.165) is 12.6 Å². The minimum Gasteiger partial charge on any atom is -0.361 e. The van der Waals surface area contributed by atoms with Gasteiger partial charge in [0.05, 0.1) is 0 Å². The van der Waals surface area contributed by atoms with Crippen molar-refractivity contribution in [2.45, 2.75) is 38.3 Å². The van der Waals surface area contributed by atoms with E-state index in [4.69, 9.17) is 0 Å². The number of nitrogens with one attached hydrogen (secondary N) is 2. The standard InChI is InChI=1S/C14H18N2.ClH/c1-2-4-13(3-1)16-10-11-5-6-14-12(9-11)7-8-15-14;/h5-9,13,15-16H,1-4,10H2;1H. The maximum Gasteiger partial charge on any atom is 0.0454 e. The van der Waals surface area contributed by atoms with Crippen molar-refractivity contribution in [2.75, 3.05) is 0 Å². The van der Waals surface area contributed by atoms with Crippen LogP contribution in [-0.2, 0) is 6.54 Å². The van der Waals surface area contributed by atoms with E-state index in [0.29, 0.717) is 0 Å². The second kappa shape index (κ2) is 5.56. The molecular weight excluding hydrogens is 232 g/mol. The zero-order valence-corrected chi connectivity index (χ0v) is 10.7. The van der Waals surface area contributed by atoms with Gasteiger partial charge < -0.3 is 10.3 Å². The van der Waals surface area contributed by atoms with Crippen LogP contribution in [0.15, 0.2) is 30.5 Å². The van der Waals surface area contributed by atoms with E-state index in [1.807, 2.05) is 6.20 Å². The van der Waals surface area contributed by atoms with Gasteiger partial charge in [-0.3, -0.25) is 0 Å². The molecule has 1 heterocycles. The summed E-state index contributed by atoms with van der Waals surface area (Å²) in [6.07, 6.45) is 7.50. The smallest absolute Gasteiger partial charge is 0.0454 e. The van der Waals surface area contributed by atoms with Gasteiger partial charge in [-0.1, -0.05) is 18.9 Å². The highest BCUT2D eigenvalue weighted by Gasteiger charge is 2.13. The summed E-state index contributed by atoms with van der Waals surface area (Å²) in [5.74, 6) is 0. The van der Waals surface area contributed by atoms with Crippen LogP contribution in [-0.4, -0.2) is 11.0 Å². The van der Waals surface area contributed by atoms with E-state index in [2.05, 4.69) is 34.6 Å². The maximum absolute atomic E-state index is 3.64. The molecule has 3 rings (SSSR count). The van der Waals surface area contributed by atoms with Crippen molar-refractivity contribution in [3.05, 3.63) is 36.0 Å². The average Bonchev–Trinajstić information content (AvgIpc) is 2.97. The fourth-order valence-corrected chi connectivity index (χ4v) is 2.60. The molecule has 3 heteroatoms. The van der Waals surface area contributed by atoms with E-state index < -0.39 is 0 Å². The molecule has 0 unspecified atom stereocenters. The van der Waals surface area contributed by atoms with Crippen molar-refractivity contribution in [1.82, 2.24) is 10.3 Å². The first-order valence-electron chi connectivity index (χ1n) is 6.21. The van der Waals surface area contributed by atoms with Crippen molar-refractivity contribution in [1.29, 1.82) is 0 Å². The Morgan fingerprint density at radius 2 is 2.00 bits per heavy atom. The lowest BCUT2D eigenvalue weighted by Crippen LogP contribution is -2.25. The largest absolute Gasteiger partial charge is 0.361 e. The number of hydrogen-bond donors (Lipinski definition) is 2. The van der Waals surface area contributed by atoms with Crippen LogP contribution >= 0.6 is 12.4 Å². The molecule has 1 aromatic heterocycles. The normalized spacial score (nSPS) is 16.2. The van der Waals surface area contributed by atoms with E-state index >= 15 is 0 Å². The Balaban J connectivity index is 0.00000108. The molecule has 0 atom stereocenters. The highest BCUT2D eigenvalue weighted by atomic mass is 35.5. The number of fused-ring (bicyclic) bond motifs is 1. The first-order valence-corrected chi connectivity index (χ1v) is 6.21. The lowest BCUT2D eigenvalue weighted by molar-refractivity contribution is 0.524. The number of rotatable bonds is 3. The fraction of sp³-hybridized carbons (Fsp3) is 0.429. The van der Waals surface area contributed by atoms with E-state index in [-0.39, 0.29) is 12.4 Å². The Bertz CT molecular complexity index is 472. The Hall–Kier alpha value is -0.990. The number of H-pyrrole nitrogens is 1. The molecule has 0 saturated heterocycles. The number of benzene rings is 1. The van der Waals surface area contributed by atoms with Gasteiger partial charge in [-0.25, -0.2) is 0 Å². The molecular formula is C14H19ClN2. The molecule has 17 heavy (non-hydrogen) atoms. The fourth-order valence-electron chi connectivity index (χ4n) is 2.60. The highest BCUT2D eigenvalue weighted by molar-refractivity contribution is 5.85. The number of aromatic nitrogens is 1. The van der Waals surface area contributed by atoms with Gasteiger partial charge in [-0.2, -0.15) is 0 Å². The van der Waals surface area contributed by atoms with Crippen molar-refractivity contribution in [3.63, 3.8) is 0 Å². The van der Waals surface area contributed by atoms with Gasteiger partial charge in [-0.15, -0.1) is 12.4 Å². The topological polar surface area (TPSA) is 27.8 Å². The third-order valence-corrected chi connectivity index (χ3v) is 3.57. The van der Waals surface area contributed by atoms with E-state index in [9.17, 15) is 0 Å². The van der Waals surface area contributed by atoms with Crippen molar-refractivity contribution in [3.8, 4) is 0 Å². The number of hydrogen-bond acceptors (Lipinski definition) is 1. The minimum absolute atomic E-state index is 0. The second-order valence-electron chi connectivity index (χ2n) is 4.76. The Morgan fingerprint density at radius 1 is 1.18 bits per heavy atom. The Labute approximate surface area is 108 Å². The number of aromatic amines is 1. The van der Waals surface area contributed by atoms with Crippen LogP contribution in [0.4, 0.5) is 0 Å². The summed E-state index contributed by atoms with van der Waals surface area (Å²) < 4.78 is 0. The van der Waals surface area contributed by atoms with Gasteiger partial charge in [0.1, 0.15) is 0 Å². The predicted molar refractivity (Wildman–Crippen MR) is 74.6 cm³/mol. The summed E-state index contributed by atoms with van der Waals surface area (Å²) in [4.78, 5) is 3.22. The maximum atomic E-state index is 3.64. The predicted octanol–water partition coefficient (Wildman–Crippen LogP) is 3.62. The summed E-state index contributed by atoms with van der Waals surface area (Å²) in [5, 5.41) is 4.96. The van der Waals surface area contributed by atoms with E-state index in [1.54, 1.807) is 0 Å². The molecule has 0 bridgehead atoms. The molecule has 0 spiro atoms. The Morgan fingerprint density at radius 3 is 2.82 bits per heavy atom. The zero-order valence-electron chi connectivity index (χ0n) is 9.91. The summed E-state index contributed by atoms with van der Waals surface area (Å²) in [6.45, 7) is 1.01. The monoisotopic (exact) mass is 250 g/mol. The molecule has 2 N–H and O–H groups in total. The lowest BCUT2D eigenvalue weighted by Gasteiger charge is -2.11. The highest BCUT2D eigenvalue weighted by Crippen LogP contribution is 2.19. The first kappa shape index (κ1) is 12.5. The summed E-state index contributed by atoms with van der Waals surface area (Å²) in [7, 11) is 0. The molecule has 1 aliphatic carbocycles. The third-order valence-electron chi connectivity index (χ3n) is 3.57. The van der Waals surface area contributed by atoms with Gasteiger partial charge >= 0.3 is 0 Å². The summed E-state index contributed by atoms with van der Waals surface area (Å²) in [6, 6.07) is 9.53. The van der Waals surface area contributed by atoms with E-state index in [1.165, 1.54) is 42.1 Å². The van der Waals surface area contributed by atoms with Gasteiger partial charge in [0.15, 0.2) is 0 Å². The Kier molecular flexibility index (Phi) is 4.08. The summed E-state index contributed by atoms with van der Waals surface area (Å²) in [5.41, 5.74) is 2.61. The van der Waals surface area contributed by atoms with Crippen LogP contribution in [0.25, 0.3) is 10.9 Å². The molecule has 0 aliphatic heterocycles. The van der Waals surface area contributed by atoms with Crippen molar-refractivity contribution in [2.24, 2.45) is 0 Å². The molecule has 2 aromatic rings. The molecule has 1 saturated carbocycles. The number of halogens is 1. The van der Waals surface area contributed by atoms with Crippen molar-refractivity contribution >= 4 is 23.3 Å². The van der Waals surface area contributed by atoms with Gasteiger partial charge in [0.25, 0.3) is 0 Å². The molecule has 92 valence electrons. The molecule has 2 nitrogen and oxygen atoms in total. The average molecular weight is 251 g/mol. The molecule has 1 fully saturated rings. The van der Waals surface area contributed by atoms with Crippen LogP contribution in [0.3, 0.4) is 0 Å². The van der Waals surface area contributed by atoms with Crippen molar-refractivity contribution < 1.29 is 0 Å². The third kappa shape index (κ3) is 2.82. The minimum atomic E-state index is 0. The summed E-state index contributed by atoms with van der Waals surface area (Å²) >= 11 is 0. The first-order chi connectivity index (χ1) is 7.92. The zero-order chi connectivity index (χ0) is 10.8. The molecule has 0 amide bonds. The lowest BCUT2D eigenvalue weighted by atomic mass is 10.1. The molecule has 0 radical (unpaired) electrons. The van der Waals surface area contributed by atoms with Gasteiger partial charge in [-0.05, 0) is 42.0 Å².